The predicted octanol–water partition coefficient (Wildman–Crippen LogP) is 3.41. The third-order valence-electron chi connectivity index (χ3n) is 5.07. The van der Waals surface area contributed by atoms with Crippen LogP contribution in [-0.2, 0) is 33.3 Å². The number of pyridine rings is 1. The molecule has 3 aromatic rings. The zero-order valence-corrected chi connectivity index (χ0v) is 20.2. The van der Waals surface area contributed by atoms with Crippen LogP contribution in [0.3, 0.4) is 0 Å². The van der Waals surface area contributed by atoms with Gasteiger partial charge in [0.1, 0.15) is 10.6 Å². The molecule has 0 saturated carbocycles. The average molecular weight is 487 g/mol. The molecule has 8 nitrogen and oxygen atoms in total. The minimum absolute atomic E-state index is 0. The molecule has 182 valence electrons. The third-order valence-corrected chi connectivity index (χ3v) is 6.85. The number of hydrogen-bond donors (Lipinski definition) is 1. The first-order chi connectivity index (χ1) is 15.6. The SMILES string of the molecule is CC(C)(C)c1ccc(CN(Cc2cccc(OCC(=O)O)c2)S(=O)(=O)c2cccnc2)cc1.O. The van der Waals surface area contributed by atoms with E-state index in [0.29, 0.717) is 11.3 Å². The molecule has 0 saturated heterocycles. The van der Waals surface area contributed by atoms with E-state index in [1.165, 1.54) is 22.8 Å². The number of hydrogen-bond acceptors (Lipinski definition) is 5. The molecule has 34 heavy (non-hydrogen) atoms. The summed E-state index contributed by atoms with van der Waals surface area (Å²) in [6, 6.07) is 17.8. The molecule has 0 aliphatic carbocycles. The molecule has 0 fully saturated rings. The Morgan fingerprint density at radius 3 is 2.26 bits per heavy atom. The summed E-state index contributed by atoms with van der Waals surface area (Å²) in [5.41, 5.74) is 2.69. The van der Waals surface area contributed by atoms with Gasteiger partial charge in [-0.3, -0.25) is 4.98 Å². The number of benzene rings is 2. The molecule has 1 heterocycles. The minimum atomic E-state index is -3.84. The second-order valence-corrected chi connectivity index (χ2v) is 10.7. The van der Waals surface area contributed by atoms with E-state index in [1.807, 2.05) is 24.3 Å². The molecule has 0 amide bonds. The van der Waals surface area contributed by atoms with Gasteiger partial charge in [-0.05, 0) is 46.4 Å². The Labute approximate surface area is 200 Å². The van der Waals surface area contributed by atoms with Crippen LogP contribution in [0.1, 0.15) is 37.5 Å². The molecular weight excluding hydrogens is 456 g/mol. The van der Waals surface area contributed by atoms with Gasteiger partial charge in [0.05, 0.1) is 0 Å². The van der Waals surface area contributed by atoms with Gasteiger partial charge in [-0.1, -0.05) is 57.2 Å². The fourth-order valence-corrected chi connectivity index (χ4v) is 4.65. The van der Waals surface area contributed by atoms with E-state index in [-0.39, 0.29) is 28.9 Å². The largest absolute Gasteiger partial charge is 0.482 e. The monoisotopic (exact) mass is 486 g/mol. The number of carboxylic acid groups (broad SMARTS) is 1. The number of aromatic nitrogens is 1. The van der Waals surface area contributed by atoms with Crippen LogP contribution in [0.5, 0.6) is 5.75 Å². The molecule has 0 aliphatic rings. The molecule has 3 N–H and O–H groups in total. The lowest BCUT2D eigenvalue weighted by Gasteiger charge is -2.24. The van der Waals surface area contributed by atoms with Crippen LogP contribution in [0, 0.1) is 0 Å². The summed E-state index contributed by atoms with van der Waals surface area (Å²) >= 11 is 0. The van der Waals surface area contributed by atoms with E-state index < -0.39 is 22.6 Å². The van der Waals surface area contributed by atoms with Crippen molar-refractivity contribution in [2.45, 2.75) is 44.2 Å². The van der Waals surface area contributed by atoms with Crippen molar-refractivity contribution >= 4 is 16.0 Å². The Morgan fingerprint density at radius 2 is 1.68 bits per heavy atom. The Bertz CT molecular complexity index is 1190. The van der Waals surface area contributed by atoms with E-state index in [4.69, 9.17) is 9.84 Å². The highest BCUT2D eigenvalue weighted by molar-refractivity contribution is 7.89. The van der Waals surface area contributed by atoms with Crippen molar-refractivity contribution in [1.82, 2.24) is 9.29 Å². The molecule has 0 unspecified atom stereocenters. The van der Waals surface area contributed by atoms with Crippen LogP contribution in [0.4, 0.5) is 0 Å². The van der Waals surface area contributed by atoms with Crippen LogP contribution >= 0.6 is 0 Å². The van der Waals surface area contributed by atoms with Gasteiger partial charge in [0.25, 0.3) is 0 Å². The number of carbonyl (C=O) groups is 1. The van der Waals surface area contributed by atoms with Crippen molar-refractivity contribution in [3.63, 3.8) is 0 Å². The quantitative estimate of drug-likeness (QED) is 0.494. The third kappa shape index (κ3) is 7.11. The van der Waals surface area contributed by atoms with Crippen molar-refractivity contribution in [1.29, 1.82) is 0 Å². The fraction of sp³-hybridized carbons (Fsp3) is 0.280. The zero-order valence-electron chi connectivity index (χ0n) is 19.4. The van der Waals surface area contributed by atoms with E-state index in [0.717, 1.165) is 11.1 Å². The minimum Gasteiger partial charge on any atom is -0.482 e. The normalized spacial score (nSPS) is 11.6. The van der Waals surface area contributed by atoms with Gasteiger partial charge in [0.2, 0.25) is 10.0 Å². The molecule has 1 aromatic heterocycles. The first-order valence-electron chi connectivity index (χ1n) is 10.5. The van der Waals surface area contributed by atoms with E-state index >= 15 is 0 Å². The highest BCUT2D eigenvalue weighted by atomic mass is 32.2. The van der Waals surface area contributed by atoms with Gasteiger partial charge in [-0.25, -0.2) is 13.2 Å². The number of ether oxygens (including phenoxy) is 1. The van der Waals surface area contributed by atoms with Gasteiger partial charge >= 0.3 is 5.97 Å². The number of nitrogens with zero attached hydrogens (tertiary/aromatic N) is 2. The van der Waals surface area contributed by atoms with Gasteiger partial charge in [0.15, 0.2) is 6.61 Å². The van der Waals surface area contributed by atoms with Gasteiger partial charge in [-0.15, -0.1) is 0 Å². The highest BCUT2D eigenvalue weighted by Gasteiger charge is 2.25. The lowest BCUT2D eigenvalue weighted by molar-refractivity contribution is -0.139. The number of sulfonamides is 1. The molecule has 0 radical (unpaired) electrons. The Morgan fingerprint density at radius 1 is 1.00 bits per heavy atom. The van der Waals surface area contributed by atoms with E-state index in [2.05, 4.69) is 25.8 Å². The van der Waals surface area contributed by atoms with Crippen LogP contribution in [0.15, 0.2) is 78.0 Å². The molecule has 0 aliphatic heterocycles. The summed E-state index contributed by atoms with van der Waals surface area (Å²) in [6.45, 7) is 6.16. The second kappa shape index (κ2) is 11.2. The molecular formula is C25H30N2O6S. The average Bonchev–Trinajstić information content (AvgIpc) is 2.78. The molecule has 0 spiro atoms. The lowest BCUT2D eigenvalue weighted by Crippen LogP contribution is -2.30. The van der Waals surface area contributed by atoms with Gasteiger partial charge < -0.3 is 15.3 Å². The van der Waals surface area contributed by atoms with Crippen LogP contribution < -0.4 is 4.74 Å². The Kier molecular flexibility index (Phi) is 8.92. The molecule has 2 aromatic carbocycles. The second-order valence-electron chi connectivity index (χ2n) is 8.74. The summed E-state index contributed by atoms with van der Waals surface area (Å²) in [4.78, 5) is 14.9. The van der Waals surface area contributed by atoms with Crippen molar-refractivity contribution in [2.24, 2.45) is 0 Å². The fourth-order valence-electron chi connectivity index (χ4n) is 3.27. The summed E-state index contributed by atoms with van der Waals surface area (Å²) in [5, 5.41) is 8.84. The summed E-state index contributed by atoms with van der Waals surface area (Å²) < 4.78 is 33.5. The molecule has 0 bridgehead atoms. The molecule has 9 heteroatoms. The first-order valence-corrected chi connectivity index (χ1v) is 11.9. The summed E-state index contributed by atoms with van der Waals surface area (Å²) in [6.07, 6.45) is 2.86. The van der Waals surface area contributed by atoms with E-state index in [1.54, 1.807) is 30.3 Å². The number of rotatable bonds is 9. The maximum Gasteiger partial charge on any atom is 0.341 e. The summed E-state index contributed by atoms with van der Waals surface area (Å²) in [5.74, 6) is -0.719. The van der Waals surface area contributed by atoms with Crippen LogP contribution in [0.2, 0.25) is 0 Å². The first kappa shape index (κ1) is 27.0. The number of aliphatic carboxylic acids is 1. The van der Waals surface area contributed by atoms with Crippen molar-refractivity contribution in [2.75, 3.05) is 6.61 Å². The predicted molar refractivity (Wildman–Crippen MR) is 129 cm³/mol. The van der Waals surface area contributed by atoms with Crippen LogP contribution in [0.25, 0.3) is 0 Å². The van der Waals surface area contributed by atoms with Gasteiger partial charge in [-0.2, -0.15) is 4.31 Å². The lowest BCUT2D eigenvalue weighted by atomic mass is 9.87. The summed E-state index contributed by atoms with van der Waals surface area (Å²) in [7, 11) is -3.84. The Hall–Kier alpha value is -3.27. The van der Waals surface area contributed by atoms with Crippen LogP contribution in [-0.4, -0.2) is 40.9 Å². The zero-order chi connectivity index (χ0) is 24.1. The smallest absolute Gasteiger partial charge is 0.341 e. The number of carboxylic acids is 1. The van der Waals surface area contributed by atoms with Crippen molar-refractivity contribution < 1.29 is 28.5 Å². The van der Waals surface area contributed by atoms with Gasteiger partial charge in [0, 0.05) is 25.5 Å². The van der Waals surface area contributed by atoms with Crippen molar-refractivity contribution in [3.05, 3.63) is 89.7 Å². The Balaban J connectivity index is 0.00000408. The standard InChI is InChI=1S/C25H28N2O5S.H2O/c1-25(2,3)21-11-9-19(10-12-21)16-27(33(30,31)23-8-5-13-26-15-23)17-20-6-4-7-22(14-20)32-18-24(28)29;/h4-15H,16-18H2,1-3H3,(H,28,29);1H2. The maximum absolute atomic E-state index is 13.4. The van der Waals surface area contributed by atoms with E-state index in [9.17, 15) is 13.2 Å². The van der Waals surface area contributed by atoms with Crippen molar-refractivity contribution in [3.8, 4) is 5.75 Å². The molecule has 3 rings (SSSR count). The molecule has 0 atom stereocenters. The highest BCUT2D eigenvalue weighted by Crippen LogP contribution is 2.25. The maximum atomic E-state index is 13.4. The topological polar surface area (TPSA) is 128 Å².